The van der Waals surface area contributed by atoms with Gasteiger partial charge in [0.15, 0.2) is 0 Å². The van der Waals surface area contributed by atoms with Crippen molar-refractivity contribution in [3.63, 3.8) is 0 Å². The van der Waals surface area contributed by atoms with Crippen molar-refractivity contribution in [2.45, 2.75) is 59.6 Å². The normalized spacial score (nSPS) is 16.3. The van der Waals surface area contributed by atoms with Gasteiger partial charge in [0.05, 0.1) is 20.1 Å². The van der Waals surface area contributed by atoms with Gasteiger partial charge in [0.2, 0.25) is 0 Å². The molecule has 2 unspecified atom stereocenters. The maximum Gasteiger partial charge on any atom is 0.408 e. The van der Waals surface area contributed by atoms with Gasteiger partial charge in [0, 0.05) is 0 Å². The number of ether oxygens (including phenoxy) is 3. The summed E-state index contributed by atoms with van der Waals surface area (Å²) >= 11 is 0. The van der Waals surface area contributed by atoms with Crippen molar-refractivity contribution in [3.05, 3.63) is 0 Å². The second-order valence-electron chi connectivity index (χ2n) is 7.15. The maximum absolute atomic E-state index is 12.0. The van der Waals surface area contributed by atoms with E-state index in [1.165, 1.54) is 14.2 Å². The Morgan fingerprint density at radius 1 is 0.917 bits per heavy atom. The van der Waals surface area contributed by atoms with Crippen LogP contribution in [0.2, 0.25) is 0 Å². The van der Waals surface area contributed by atoms with Crippen molar-refractivity contribution in [3.8, 4) is 0 Å². The first-order valence-corrected chi connectivity index (χ1v) is 8.08. The highest BCUT2D eigenvalue weighted by molar-refractivity contribution is 5.81. The van der Waals surface area contributed by atoms with Gasteiger partial charge in [-0.05, 0) is 39.0 Å². The number of methoxy groups -OCH3 is 2. The monoisotopic (exact) mass is 345 g/mol. The number of alkyl carbamates (subject to hydrolysis) is 1. The summed E-state index contributed by atoms with van der Waals surface area (Å²) in [6.45, 7) is 10.7. The number of hydrogen-bond donors (Lipinski definition) is 1. The minimum absolute atomic E-state index is 0.0277. The molecule has 140 valence electrons. The Kier molecular flexibility index (Phi) is 8.78. The third-order valence-electron chi connectivity index (χ3n) is 3.87. The molecule has 0 aliphatic heterocycles. The lowest BCUT2D eigenvalue weighted by molar-refractivity contribution is -0.146. The third-order valence-corrected chi connectivity index (χ3v) is 3.87. The molecule has 0 aromatic heterocycles. The van der Waals surface area contributed by atoms with Gasteiger partial charge in [0.25, 0.3) is 0 Å². The fourth-order valence-electron chi connectivity index (χ4n) is 2.34. The molecule has 1 amide bonds. The predicted molar refractivity (Wildman–Crippen MR) is 89.3 cm³/mol. The summed E-state index contributed by atoms with van der Waals surface area (Å²) in [5.41, 5.74) is -0.666. The summed E-state index contributed by atoms with van der Waals surface area (Å²) in [4.78, 5) is 35.6. The van der Waals surface area contributed by atoms with Gasteiger partial charge in [-0.15, -0.1) is 0 Å². The lowest BCUT2D eigenvalue weighted by Gasteiger charge is -2.28. The van der Waals surface area contributed by atoms with E-state index >= 15 is 0 Å². The number of rotatable bonds is 7. The summed E-state index contributed by atoms with van der Waals surface area (Å²) in [6, 6.07) is -0.850. The van der Waals surface area contributed by atoms with E-state index in [-0.39, 0.29) is 23.7 Å². The largest absolute Gasteiger partial charge is 0.469 e. The summed E-state index contributed by atoms with van der Waals surface area (Å²) in [5.74, 6) is -1.43. The van der Waals surface area contributed by atoms with Gasteiger partial charge in [-0.1, -0.05) is 20.8 Å². The van der Waals surface area contributed by atoms with Crippen LogP contribution in [0.4, 0.5) is 4.79 Å². The molecule has 0 aliphatic carbocycles. The molecule has 0 radical (unpaired) electrons. The highest BCUT2D eigenvalue weighted by atomic mass is 16.6. The smallest absolute Gasteiger partial charge is 0.408 e. The van der Waals surface area contributed by atoms with Crippen LogP contribution in [0.1, 0.15) is 48.0 Å². The molecule has 4 atom stereocenters. The highest BCUT2D eigenvalue weighted by Gasteiger charge is 2.32. The minimum Gasteiger partial charge on any atom is -0.469 e. The zero-order valence-corrected chi connectivity index (χ0v) is 16.0. The van der Waals surface area contributed by atoms with E-state index in [0.29, 0.717) is 6.42 Å². The molecule has 0 heterocycles. The second kappa shape index (κ2) is 9.49. The number of carbonyl (C=O) groups is 3. The molecule has 0 bridgehead atoms. The zero-order valence-electron chi connectivity index (χ0n) is 16.0. The SMILES string of the molecule is COC(=O)[C@@H](C)C(C)CC(C)[C@H](NC(=O)OC(C)(C)C)C(=O)OC. The summed E-state index contributed by atoms with van der Waals surface area (Å²) in [5, 5.41) is 2.56. The molecule has 0 saturated carbocycles. The summed E-state index contributed by atoms with van der Waals surface area (Å²) in [6.07, 6.45) is -0.148. The number of esters is 2. The fourth-order valence-corrected chi connectivity index (χ4v) is 2.34. The van der Waals surface area contributed by atoms with E-state index in [4.69, 9.17) is 14.2 Å². The number of nitrogens with one attached hydrogen (secondary N) is 1. The zero-order chi connectivity index (χ0) is 19.1. The van der Waals surface area contributed by atoms with Crippen LogP contribution in [0.3, 0.4) is 0 Å². The van der Waals surface area contributed by atoms with E-state index in [0.717, 1.165) is 0 Å². The molecule has 7 heteroatoms. The summed E-state index contributed by atoms with van der Waals surface area (Å²) < 4.78 is 14.7. The second-order valence-corrected chi connectivity index (χ2v) is 7.15. The molecule has 7 nitrogen and oxygen atoms in total. The maximum atomic E-state index is 12.0. The van der Waals surface area contributed by atoms with Crippen molar-refractivity contribution in [2.24, 2.45) is 17.8 Å². The van der Waals surface area contributed by atoms with E-state index < -0.39 is 23.7 Å². The van der Waals surface area contributed by atoms with Crippen LogP contribution in [-0.4, -0.2) is 43.9 Å². The van der Waals surface area contributed by atoms with Crippen LogP contribution < -0.4 is 5.32 Å². The first-order chi connectivity index (χ1) is 10.9. The van der Waals surface area contributed by atoms with E-state index in [9.17, 15) is 14.4 Å². The lowest BCUT2D eigenvalue weighted by atomic mass is 9.84. The van der Waals surface area contributed by atoms with Gasteiger partial charge in [-0.25, -0.2) is 9.59 Å². The van der Waals surface area contributed by atoms with Crippen LogP contribution in [0, 0.1) is 17.8 Å². The molecule has 0 aromatic rings. The fraction of sp³-hybridized carbons (Fsp3) is 0.824. The van der Waals surface area contributed by atoms with E-state index in [1.54, 1.807) is 27.7 Å². The van der Waals surface area contributed by atoms with Gasteiger partial charge >= 0.3 is 18.0 Å². The number of carbonyl (C=O) groups excluding carboxylic acids is 3. The first-order valence-electron chi connectivity index (χ1n) is 8.08. The van der Waals surface area contributed by atoms with E-state index in [1.807, 2.05) is 13.8 Å². The standard InChI is InChI=1S/C17H31NO6/c1-10(12(3)14(19)22-7)9-11(2)13(15(20)23-8)18-16(21)24-17(4,5)6/h10-13H,9H2,1-8H3,(H,18,21)/t10?,11?,12-,13-/m0/s1. The average molecular weight is 345 g/mol. The van der Waals surface area contributed by atoms with Crippen molar-refractivity contribution < 1.29 is 28.6 Å². The highest BCUT2D eigenvalue weighted by Crippen LogP contribution is 2.24. The van der Waals surface area contributed by atoms with Gasteiger partial charge in [-0.3, -0.25) is 4.79 Å². The Hall–Kier alpha value is -1.79. The average Bonchev–Trinajstić information content (AvgIpc) is 2.48. The molecule has 0 aliphatic rings. The van der Waals surface area contributed by atoms with Crippen LogP contribution in [0.25, 0.3) is 0 Å². The lowest BCUT2D eigenvalue weighted by Crippen LogP contribution is -2.48. The van der Waals surface area contributed by atoms with Crippen LogP contribution in [0.5, 0.6) is 0 Å². The topological polar surface area (TPSA) is 90.9 Å². The van der Waals surface area contributed by atoms with Gasteiger partial charge in [0.1, 0.15) is 11.6 Å². The minimum atomic E-state index is -0.850. The molecule has 0 fully saturated rings. The Morgan fingerprint density at radius 2 is 1.42 bits per heavy atom. The van der Waals surface area contributed by atoms with Crippen LogP contribution in [-0.2, 0) is 23.8 Å². The number of amides is 1. The van der Waals surface area contributed by atoms with Crippen molar-refractivity contribution in [2.75, 3.05) is 14.2 Å². The Bertz CT molecular complexity index is 443. The molecule has 0 spiro atoms. The Balaban J connectivity index is 4.95. The first kappa shape index (κ1) is 22.2. The molecule has 24 heavy (non-hydrogen) atoms. The van der Waals surface area contributed by atoms with Crippen LogP contribution in [0.15, 0.2) is 0 Å². The van der Waals surface area contributed by atoms with Crippen LogP contribution >= 0.6 is 0 Å². The molecular formula is C17H31NO6. The summed E-state index contributed by atoms with van der Waals surface area (Å²) in [7, 11) is 2.61. The molecule has 1 N–H and O–H groups in total. The van der Waals surface area contributed by atoms with Crippen molar-refractivity contribution in [1.82, 2.24) is 5.32 Å². The van der Waals surface area contributed by atoms with Gasteiger partial charge in [-0.2, -0.15) is 0 Å². The predicted octanol–water partition coefficient (Wildman–Crippen LogP) is 2.52. The molecular weight excluding hydrogens is 314 g/mol. The van der Waals surface area contributed by atoms with E-state index in [2.05, 4.69) is 5.32 Å². The molecule has 0 saturated heterocycles. The third kappa shape index (κ3) is 7.66. The molecule has 0 rings (SSSR count). The molecule has 0 aromatic carbocycles. The Morgan fingerprint density at radius 3 is 1.83 bits per heavy atom. The quantitative estimate of drug-likeness (QED) is 0.563. The van der Waals surface area contributed by atoms with Gasteiger partial charge < -0.3 is 19.5 Å². The Labute approximate surface area is 144 Å². The van der Waals surface area contributed by atoms with Crippen molar-refractivity contribution in [1.29, 1.82) is 0 Å². The van der Waals surface area contributed by atoms with Crippen molar-refractivity contribution >= 4 is 18.0 Å². The number of hydrogen-bond acceptors (Lipinski definition) is 6.